The summed E-state index contributed by atoms with van der Waals surface area (Å²) in [5, 5.41) is 5.49. The quantitative estimate of drug-likeness (QED) is 0.379. The minimum Gasteiger partial charge on any atom is -0.496 e. The van der Waals surface area contributed by atoms with Crippen LogP contribution in [-0.2, 0) is 17.9 Å². The molecule has 0 spiro atoms. The van der Waals surface area contributed by atoms with Gasteiger partial charge in [-0.25, -0.2) is 4.79 Å². The van der Waals surface area contributed by atoms with E-state index in [-0.39, 0.29) is 25.1 Å². The van der Waals surface area contributed by atoms with Gasteiger partial charge in [0.2, 0.25) is 0 Å². The Morgan fingerprint density at radius 3 is 2.47 bits per heavy atom. The molecule has 1 aliphatic rings. The fourth-order valence-electron chi connectivity index (χ4n) is 3.66. The first kappa shape index (κ1) is 23.1. The van der Waals surface area contributed by atoms with Crippen LogP contribution in [0.25, 0.3) is 0 Å². The lowest BCUT2D eigenvalue weighted by atomic mass is 10.1. The Morgan fingerprint density at radius 2 is 1.79 bits per heavy atom. The Balaban J connectivity index is 1.29. The number of nitrogen functional groups attached to an aromatic ring is 1. The number of rotatable bonds is 8. The maximum Gasteiger partial charge on any atom is 0.407 e. The molecular formula is C26H28N4O4. The molecule has 4 rings (SSSR count). The van der Waals surface area contributed by atoms with E-state index < -0.39 is 6.09 Å². The van der Waals surface area contributed by atoms with Gasteiger partial charge in [0.25, 0.3) is 5.91 Å². The molecular weight excluding hydrogens is 432 g/mol. The van der Waals surface area contributed by atoms with Gasteiger partial charge in [-0.3, -0.25) is 4.79 Å². The van der Waals surface area contributed by atoms with E-state index in [0.29, 0.717) is 34.2 Å². The predicted octanol–water partition coefficient (Wildman–Crippen LogP) is 3.77. The van der Waals surface area contributed by atoms with Crippen LogP contribution in [0.1, 0.15) is 39.4 Å². The van der Waals surface area contributed by atoms with Crippen molar-refractivity contribution in [2.75, 3.05) is 18.2 Å². The minimum atomic E-state index is -0.545. The van der Waals surface area contributed by atoms with Crippen LogP contribution < -0.4 is 26.8 Å². The second-order valence-corrected chi connectivity index (χ2v) is 8.25. The third kappa shape index (κ3) is 5.65. The van der Waals surface area contributed by atoms with Crippen LogP contribution in [0.5, 0.6) is 5.75 Å². The van der Waals surface area contributed by atoms with Crippen LogP contribution in [0.15, 0.2) is 66.7 Å². The van der Waals surface area contributed by atoms with Gasteiger partial charge in [-0.1, -0.05) is 42.5 Å². The van der Waals surface area contributed by atoms with E-state index in [4.69, 9.17) is 20.9 Å². The Hall–Kier alpha value is -4.04. The summed E-state index contributed by atoms with van der Waals surface area (Å²) in [5.41, 5.74) is 16.0. The highest BCUT2D eigenvalue weighted by atomic mass is 16.5. The summed E-state index contributed by atoms with van der Waals surface area (Å²) in [6, 6.07) is 20.2. The molecule has 0 heterocycles. The first-order valence-corrected chi connectivity index (χ1v) is 11.0. The van der Waals surface area contributed by atoms with Crippen LogP contribution in [0.4, 0.5) is 16.2 Å². The molecule has 34 heavy (non-hydrogen) atoms. The van der Waals surface area contributed by atoms with Gasteiger partial charge in [0.05, 0.1) is 18.5 Å². The van der Waals surface area contributed by atoms with Gasteiger partial charge in [0, 0.05) is 29.6 Å². The SMILES string of the molecule is COc1cc(C(=O)Nc2ccccc2N)ccc1CNC(=O)OCc1ccc(C2CC2N)cc1. The monoisotopic (exact) mass is 460 g/mol. The van der Waals surface area contributed by atoms with Crippen LogP contribution in [0.3, 0.4) is 0 Å². The van der Waals surface area contributed by atoms with Crippen molar-refractivity contribution in [2.24, 2.45) is 5.73 Å². The molecule has 2 atom stereocenters. The number of para-hydroxylation sites is 2. The number of benzene rings is 3. The Morgan fingerprint density at radius 1 is 1.06 bits per heavy atom. The molecule has 0 aliphatic heterocycles. The van der Waals surface area contributed by atoms with E-state index in [1.807, 2.05) is 24.3 Å². The van der Waals surface area contributed by atoms with Crippen molar-refractivity contribution < 1.29 is 19.1 Å². The van der Waals surface area contributed by atoms with Crippen molar-refractivity contribution in [3.63, 3.8) is 0 Å². The van der Waals surface area contributed by atoms with Crippen molar-refractivity contribution in [3.05, 3.63) is 89.0 Å². The van der Waals surface area contributed by atoms with Crippen LogP contribution in [0.2, 0.25) is 0 Å². The molecule has 6 N–H and O–H groups in total. The Labute approximate surface area is 198 Å². The van der Waals surface area contributed by atoms with Crippen LogP contribution in [0, 0.1) is 0 Å². The molecule has 2 unspecified atom stereocenters. The summed E-state index contributed by atoms with van der Waals surface area (Å²) < 4.78 is 10.7. The number of carbonyl (C=O) groups excluding carboxylic acids is 2. The van der Waals surface area contributed by atoms with Gasteiger partial charge in [-0.15, -0.1) is 0 Å². The van der Waals surface area contributed by atoms with E-state index in [1.54, 1.807) is 42.5 Å². The fraction of sp³-hybridized carbons (Fsp3) is 0.231. The molecule has 0 bridgehead atoms. The molecule has 0 aromatic heterocycles. The lowest BCUT2D eigenvalue weighted by molar-refractivity contribution is 0.102. The van der Waals surface area contributed by atoms with Crippen molar-refractivity contribution in [2.45, 2.75) is 31.5 Å². The largest absolute Gasteiger partial charge is 0.496 e. The third-order valence-electron chi connectivity index (χ3n) is 5.80. The average molecular weight is 461 g/mol. The molecule has 8 nitrogen and oxygen atoms in total. The molecule has 0 radical (unpaired) electrons. The second-order valence-electron chi connectivity index (χ2n) is 8.25. The first-order valence-electron chi connectivity index (χ1n) is 11.0. The molecule has 176 valence electrons. The summed E-state index contributed by atoms with van der Waals surface area (Å²) in [6.45, 7) is 0.357. The van der Waals surface area contributed by atoms with Crippen molar-refractivity contribution in [1.82, 2.24) is 5.32 Å². The fourth-order valence-corrected chi connectivity index (χ4v) is 3.66. The standard InChI is InChI=1S/C26H28N4O4/c1-33-24-12-18(25(31)30-23-5-3-2-4-21(23)27)10-11-19(24)14-29-26(32)34-15-16-6-8-17(9-7-16)20-13-22(20)28/h2-12,20,22H,13-15,27-28H2,1H3,(H,29,32)(H,30,31). The summed E-state index contributed by atoms with van der Waals surface area (Å²) >= 11 is 0. The van der Waals surface area contributed by atoms with Gasteiger partial charge in [0.15, 0.2) is 0 Å². The molecule has 0 saturated heterocycles. The maximum absolute atomic E-state index is 12.6. The van der Waals surface area contributed by atoms with E-state index >= 15 is 0 Å². The van der Waals surface area contributed by atoms with Gasteiger partial charge in [-0.05, 0) is 41.8 Å². The number of nitrogens with two attached hydrogens (primary N) is 2. The van der Waals surface area contributed by atoms with Gasteiger partial charge in [-0.2, -0.15) is 0 Å². The smallest absolute Gasteiger partial charge is 0.407 e. The van der Waals surface area contributed by atoms with Gasteiger partial charge < -0.3 is 31.6 Å². The highest BCUT2D eigenvalue weighted by Crippen LogP contribution is 2.38. The van der Waals surface area contributed by atoms with Gasteiger partial charge >= 0.3 is 6.09 Å². The highest BCUT2D eigenvalue weighted by molar-refractivity contribution is 6.06. The van der Waals surface area contributed by atoms with E-state index in [9.17, 15) is 9.59 Å². The number of nitrogens with one attached hydrogen (secondary N) is 2. The topological polar surface area (TPSA) is 129 Å². The highest BCUT2D eigenvalue weighted by Gasteiger charge is 2.34. The zero-order chi connectivity index (χ0) is 24.1. The number of ether oxygens (including phenoxy) is 2. The Kier molecular flexibility index (Phi) is 6.98. The van der Waals surface area contributed by atoms with Crippen LogP contribution in [-0.4, -0.2) is 25.2 Å². The number of hydrogen-bond acceptors (Lipinski definition) is 6. The summed E-state index contributed by atoms with van der Waals surface area (Å²) in [7, 11) is 1.51. The van der Waals surface area contributed by atoms with Crippen molar-refractivity contribution in [3.8, 4) is 5.75 Å². The van der Waals surface area contributed by atoms with Crippen LogP contribution >= 0.6 is 0 Å². The minimum absolute atomic E-state index is 0.168. The zero-order valence-electron chi connectivity index (χ0n) is 18.9. The lowest BCUT2D eigenvalue weighted by Crippen LogP contribution is -2.24. The number of anilines is 2. The van der Waals surface area contributed by atoms with Gasteiger partial charge in [0.1, 0.15) is 12.4 Å². The lowest BCUT2D eigenvalue weighted by Gasteiger charge is -2.13. The van der Waals surface area contributed by atoms with E-state index in [1.165, 1.54) is 12.7 Å². The van der Waals surface area contributed by atoms with Crippen molar-refractivity contribution >= 4 is 23.4 Å². The molecule has 3 aromatic carbocycles. The summed E-state index contributed by atoms with van der Waals surface area (Å²) in [6.07, 6.45) is 0.478. The van der Waals surface area contributed by atoms with E-state index in [0.717, 1.165) is 12.0 Å². The Bertz CT molecular complexity index is 1180. The molecule has 2 amide bonds. The molecule has 1 fully saturated rings. The predicted molar refractivity (Wildman–Crippen MR) is 131 cm³/mol. The molecule has 1 aliphatic carbocycles. The molecule has 1 saturated carbocycles. The number of methoxy groups -OCH3 is 1. The number of amides is 2. The summed E-state index contributed by atoms with van der Waals surface area (Å²) in [5.74, 6) is 0.606. The molecule has 8 heteroatoms. The van der Waals surface area contributed by atoms with Crippen molar-refractivity contribution in [1.29, 1.82) is 0 Å². The summed E-state index contributed by atoms with van der Waals surface area (Å²) in [4.78, 5) is 24.8. The maximum atomic E-state index is 12.6. The average Bonchev–Trinajstić information content (AvgIpc) is 3.59. The number of alkyl carbamates (subject to hydrolysis) is 1. The van der Waals surface area contributed by atoms with E-state index in [2.05, 4.69) is 10.6 Å². The zero-order valence-corrected chi connectivity index (χ0v) is 18.9. The first-order chi connectivity index (χ1) is 16.4. The normalized spacial score (nSPS) is 16.4. The third-order valence-corrected chi connectivity index (χ3v) is 5.80. The molecule has 3 aromatic rings. The second kappa shape index (κ2) is 10.3. The number of carbonyl (C=O) groups is 2. The number of hydrogen-bond donors (Lipinski definition) is 4.